The highest BCUT2D eigenvalue weighted by Gasteiger charge is 2.17. The smallest absolute Gasteiger partial charge is 0.187 e. The van der Waals surface area contributed by atoms with Crippen LogP contribution < -0.4 is 4.74 Å². The molecule has 0 saturated heterocycles. The first-order valence-corrected chi connectivity index (χ1v) is 11.0. The van der Waals surface area contributed by atoms with Gasteiger partial charge in [0.25, 0.3) is 0 Å². The lowest BCUT2D eigenvalue weighted by Crippen LogP contribution is -2.11. The molecule has 3 aromatic rings. The number of phenols is 1. The Bertz CT molecular complexity index is 1130. The van der Waals surface area contributed by atoms with Crippen LogP contribution in [0.5, 0.6) is 11.5 Å². The lowest BCUT2D eigenvalue weighted by molar-refractivity contribution is 0.104. The fraction of sp³-hybridized carbons (Fsp3) is 0.286. The zero-order valence-corrected chi connectivity index (χ0v) is 19.0. The molecule has 32 heavy (non-hydrogen) atoms. The minimum absolute atomic E-state index is 0.0664. The van der Waals surface area contributed by atoms with E-state index in [-0.39, 0.29) is 11.5 Å². The van der Waals surface area contributed by atoms with Gasteiger partial charge < -0.3 is 9.84 Å². The highest BCUT2D eigenvalue weighted by Crippen LogP contribution is 2.27. The number of para-hydroxylation sites is 1. The molecular weight excluding hydrogens is 398 g/mol. The van der Waals surface area contributed by atoms with Gasteiger partial charge in [-0.25, -0.2) is 0 Å². The molecule has 4 heteroatoms. The Labute approximate surface area is 190 Å². The highest BCUT2D eigenvalue weighted by molar-refractivity contribution is 6.09. The Morgan fingerprint density at radius 2 is 1.94 bits per heavy atom. The molecule has 1 N–H and O–H groups in total. The number of aromatic nitrogens is 1. The molecule has 0 aliphatic heterocycles. The Kier molecular flexibility index (Phi) is 7.82. The average molecular weight is 430 g/mol. The molecular formula is C28H31NO3. The molecule has 2 aromatic carbocycles. The van der Waals surface area contributed by atoms with Crippen molar-refractivity contribution in [2.24, 2.45) is 11.8 Å². The summed E-state index contributed by atoms with van der Waals surface area (Å²) < 4.78 is 5.15. The van der Waals surface area contributed by atoms with E-state index in [1.54, 1.807) is 30.4 Å². The van der Waals surface area contributed by atoms with E-state index in [1.807, 2.05) is 36.4 Å². The summed E-state index contributed by atoms with van der Waals surface area (Å²) in [5.74, 6) is 1.30. The number of carbonyl (C=O) groups excluding carboxylic acids is 1. The molecule has 0 amide bonds. The number of hydrogen-bond acceptors (Lipinski definition) is 4. The maximum absolute atomic E-state index is 13.2. The topological polar surface area (TPSA) is 59.4 Å². The largest absolute Gasteiger partial charge is 0.504 e. The van der Waals surface area contributed by atoms with Gasteiger partial charge in [-0.3, -0.25) is 9.78 Å². The zero-order chi connectivity index (χ0) is 23.1. The SMILES string of the molecule is C=CCC(C)CC(C)Cc1nc2ccccc2cc1C(=O)C=Cc1ccc(O)c(OC)c1. The standard InChI is InChI=1S/C28H31NO3/c1-5-8-19(2)15-20(3)16-25-23(18-22-9-6-7-10-24(22)29-25)26(30)13-11-21-12-14-27(31)28(17-21)32-4/h5-7,9-14,17-20,31H,1,8,15-16H2,2-4H3. The van der Waals surface area contributed by atoms with E-state index in [1.165, 1.54) is 7.11 Å². The molecule has 0 bridgehead atoms. The van der Waals surface area contributed by atoms with Gasteiger partial charge in [0.2, 0.25) is 0 Å². The molecule has 2 unspecified atom stereocenters. The minimum Gasteiger partial charge on any atom is -0.504 e. The number of ketones is 1. The number of hydrogen-bond donors (Lipinski definition) is 1. The van der Waals surface area contributed by atoms with Crippen molar-refractivity contribution >= 4 is 22.8 Å². The minimum atomic E-state index is -0.0864. The van der Waals surface area contributed by atoms with Crippen LogP contribution in [0.25, 0.3) is 17.0 Å². The van der Waals surface area contributed by atoms with Crippen molar-refractivity contribution in [2.45, 2.75) is 33.1 Å². The van der Waals surface area contributed by atoms with Crippen molar-refractivity contribution in [3.8, 4) is 11.5 Å². The van der Waals surface area contributed by atoms with Crippen molar-refractivity contribution < 1.29 is 14.6 Å². The molecule has 1 heterocycles. The summed E-state index contributed by atoms with van der Waals surface area (Å²) in [6, 6.07) is 14.8. The molecule has 0 radical (unpaired) electrons. The van der Waals surface area contributed by atoms with Gasteiger partial charge in [0.1, 0.15) is 0 Å². The lowest BCUT2D eigenvalue weighted by atomic mass is 9.89. The van der Waals surface area contributed by atoms with Crippen molar-refractivity contribution in [2.75, 3.05) is 7.11 Å². The van der Waals surface area contributed by atoms with Gasteiger partial charge in [-0.05, 0) is 67.0 Å². The maximum atomic E-state index is 13.2. The van der Waals surface area contributed by atoms with Gasteiger partial charge in [0.05, 0.1) is 18.3 Å². The molecule has 0 aliphatic rings. The first kappa shape index (κ1) is 23.3. The molecule has 3 rings (SSSR count). The normalized spacial score (nSPS) is 13.2. The van der Waals surface area contributed by atoms with Gasteiger partial charge in [-0.15, -0.1) is 6.58 Å². The number of benzene rings is 2. The third kappa shape index (κ3) is 5.85. The average Bonchev–Trinajstić information content (AvgIpc) is 2.77. The van der Waals surface area contributed by atoms with Crippen molar-refractivity contribution in [3.05, 3.63) is 84.1 Å². The van der Waals surface area contributed by atoms with E-state index in [0.717, 1.165) is 41.4 Å². The molecule has 4 nitrogen and oxygen atoms in total. The number of phenolic OH excluding ortho intramolecular Hbond substituents is 1. The summed E-state index contributed by atoms with van der Waals surface area (Å²) in [5, 5.41) is 10.7. The van der Waals surface area contributed by atoms with E-state index in [9.17, 15) is 9.90 Å². The van der Waals surface area contributed by atoms with E-state index in [0.29, 0.717) is 23.1 Å². The quantitative estimate of drug-likeness (QED) is 0.223. The highest BCUT2D eigenvalue weighted by atomic mass is 16.5. The van der Waals surface area contributed by atoms with E-state index < -0.39 is 0 Å². The first-order valence-electron chi connectivity index (χ1n) is 11.0. The van der Waals surface area contributed by atoms with Gasteiger partial charge in [0.15, 0.2) is 17.3 Å². The second-order valence-corrected chi connectivity index (χ2v) is 8.48. The van der Waals surface area contributed by atoms with Crippen LogP contribution in [0, 0.1) is 11.8 Å². The monoisotopic (exact) mass is 429 g/mol. The van der Waals surface area contributed by atoms with Crippen LogP contribution in [-0.4, -0.2) is 23.0 Å². The third-order valence-electron chi connectivity index (χ3n) is 5.61. The summed E-state index contributed by atoms with van der Waals surface area (Å²) in [5.41, 5.74) is 3.14. The first-order chi connectivity index (χ1) is 15.4. The Hall–Kier alpha value is -3.40. The Morgan fingerprint density at radius 3 is 2.69 bits per heavy atom. The number of fused-ring (bicyclic) bond motifs is 1. The van der Waals surface area contributed by atoms with Crippen LogP contribution in [0.4, 0.5) is 0 Å². The number of ether oxygens (including phenoxy) is 1. The van der Waals surface area contributed by atoms with Gasteiger partial charge in [-0.2, -0.15) is 0 Å². The fourth-order valence-electron chi connectivity index (χ4n) is 4.07. The second-order valence-electron chi connectivity index (χ2n) is 8.48. The van der Waals surface area contributed by atoms with Crippen LogP contribution in [0.2, 0.25) is 0 Å². The molecule has 166 valence electrons. The summed E-state index contributed by atoms with van der Waals surface area (Å²) in [6.07, 6.45) is 8.04. The van der Waals surface area contributed by atoms with Crippen molar-refractivity contribution in [3.63, 3.8) is 0 Å². The summed E-state index contributed by atoms with van der Waals surface area (Å²) in [4.78, 5) is 18.0. The lowest BCUT2D eigenvalue weighted by Gasteiger charge is -2.17. The van der Waals surface area contributed by atoms with Gasteiger partial charge >= 0.3 is 0 Å². The number of methoxy groups -OCH3 is 1. The van der Waals surface area contributed by atoms with Crippen LogP contribution in [0.3, 0.4) is 0 Å². The number of aromatic hydroxyl groups is 1. The summed E-state index contributed by atoms with van der Waals surface area (Å²) in [7, 11) is 1.50. The van der Waals surface area contributed by atoms with Crippen molar-refractivity contribution in [1.82, 2.24) is 4.98 Å². The third-order valence-corrected chi connectivity index (χ3v) is 5.61. The van der Waals surface area contributed by atoms with E-state index in [4.69, 9.17) is 9.72 Å². The number of rotatable bonds is 10. The fourth-order valence-corrected chi connectivity index (χ4v) is 4.07. The van der Waals surface area contributed by atoms with Gasteiger partial charge in [-0.1, -0.05) is 50.3 Å². The number of allylic oxidation sites excluding steroid dienone is 2. The van der Waals surface area contributed by atoms with Crippen LogP contribution >= 0.6 is 0 Å². The van der Waals surface area contributed by atoms with E-state index in [2.05, 4.69) is 20.4 Å². The van der Waals surface area contributed by atoms with Gasteiger partial charge in [0, 0.05) is 10.9 Å². The molecule has 0 spiro atoms. The number of pyridine rings is 1. The Balaban J connectivity index is 1.90. The van der Waals surface area contributed by atoms with Crippen LogP contribution in [0.1, 0.15) is 48.3 Å². The Morgan fingerprint density at radius 1 is 1.16 bits per heavy atom. The van der Waals surface area contributed by atoms with Crippen molar-refractivity contribution in [1.29, 1.82) is 0 Å². The maximum Gasteiger partial charge on any atom is 0.187 e. The predicted molar refractivity (Wildman–Crippen MR) is 131 cm³/mol. The number of nitrogens with zero attached hydrogens (tertiary/aromatic N) is 1. The predicted octanol–water partition coefficient (Wildman–Crippen LogP) is 6.63. The number of carbonyl (C=O) groups is 1. The molecule has 0 fully saturated rings. The molecule has 0 saturated carbocycles. The summed E-state index contributed by atoms with van der Waals surface area (Å²) in [6.45, 7) is 8.28. The molecule has 0 aliphatic carbocycles. The van der Waals surface area contributed by atoms with E-state index >= 15 is 0 Å². The molecule has 1 aromatic heterocycles. The summed E-state index contributed by atoms with van der Waals surface area (Å²) >= 11 is 0. The zero-order valence-electron chi connectivity index (χ0n) is 19.0. The second kappa shape index (κ2) is 10.8. The molecule has 2 atom stereocenters. The van der Waals surface area contributed by atoms with Crippen LogP contribution in [-0.2, 0) is 6.42 Å². The van der Waals surface area contributed by atoms with Crippen LogP contribution in [0.15, 0.2) is 67.3 Å².